The Bertz CT molecular complexity index is 294. The number of ether oxygens (including phenoxy) is 2. The normalized spacial score (nSPS) is 21.5. The van der Waals surface area contributed by atoms with Crippen LogP contribution in [0.3, 0.4) is 0 Å². The van der Waals surface area contributed by atoms with Gasteiger partial charge in [0.2, 0.25) is 0 Å². The summed E-state index contributed by atoms with van der Waals surface area (Å²) in [7, 11) is 0. The second-order valence-corrected chi connectivity index (χ2v) is 3.56. The van der Waals surface area contributed by atoms with Crippen LogP contribution in [0.4, 0.5) is 5.69 Å². The maximum absolute atomic E-state index is 5.60. The molecule has 1 aliphatic heterocycles. The van der Waals surface area contributed by atoms with Crippen molar-refractivity contribution in [3.05, 3.63) is 29.8 Å². The summed E-state index contributed by atoms with van der Waals surface area (Å²) >= 11 is 0. The molecule has 1 aromatic carbocycles. The molecule has 0 spiro atoms. The van der Waals surface area contributed by atoms with Gasteiger partial charge in [-0.1, -0.05) is 12.1 Å². The van der Waals surface area contributed by atoms with Crippen LogP contribution in [0.25, 0.3) is 0 Å². The maximum Gasteiger partial charge on any atom is 0.132 e. The number of hydrogen-bond donors (Lipinski definition) is 2. The third-order valence-electron chi connectivity index (χ3n) is 2.33. The van der Waals surface area contributed by atoms with Crippen molar-refractivity contribution in [3.8, 4) is 0 Å². The van der Waals surface area contributed by atoms with Crippen molar-refractivity contribution in [2.24, 2.45) is 0 Å². The van der Waals surface area contributed by atoms with Gasteiger partial charge in [-0.25, -0.2) is 0 Å². The van der Waals surface area contributed by atoms with Crippen molar-refractivity contribution in [3.63, 3.8) is 0 Å². The fourth-order valence-corrected chi connectivity index (χ4v) is 1.47. The fraction of sp³-hybridized carbons (Fsp3) is 0.455. The van der Waals surface area contributed by atoms with Gasteiger partial charge in [0.25, 0.3) is 0 Å². The summed E-state index contributed by atoms with van der Waals surface area (Å²) in [6, 6.07) is 7.81. The van der Waals surface area contributed by atoms with E-state index in [1.54, 1.807) is 0 Å². The Morgan fingerprint density at radius 1 is 1.27 bits per heavy atom. The van der Waals surface area contributed by atoms with E-state index in [-0.39, 0.29) is 6.23 Å². The first kappa shape index (κ1) is 10.4. The molecule has 1 unspecified atom stereocenters. The fourth-order valence-electron chi connectivity index (χ4n) is 1.47. The van der Waals surface area contributed by atoms with E-state index < -0.39 is 0 Å². The van der Waals surface area contributed by atoms with Crippen LogP contribution in [0, 0.1) is 0 Å². The quantitative estimate of drug-likeness (QED) is 0.719. The monoisotopic (exact) mass is 208 g/mol. The van der Waals surface area contributed by atoms with E-state index in [0.29, 0.717) is 19.8 Å². The highest BCUT2D eigenvalue weighted by Crippen LogP contribution is 2.06. The minimum atomic E-state index is 0.0105. The Kier molecular flexibility index (Phi) is 3.55. The lowest BCUT2D eigenvalue weighted by atomic mass is 10.2. The Morgan fingerprint density at radius 3 is 2.73 bits per heavy atom. The van der Waals surface area contributed by atoms with Crippen LogP contribution in [0.15, 0.2) is 24.3 Å². The van der Waals surface area contributed by atoms with Crippen molar-refractivity contribution in [2.45, 2.75) is 12.8 Å². The van der Waals surface area contributed by atoms with E-state index >= 15 is 0 Å². The summed E-state index contributed by atoms with van der Waals surface area (Å²) in [5, 5.41) is 3.27. The number of anilines is 1. The van der Waals surface area contributed by atoms with Gasteiger partial charge in [0.15, 0.2) is 0 Å². The molecule has 0 bridgehead atoms. The van der Waals surface area contributed by atoms with Crippen LogP contribution in [0.2, 0.25) is 0 Å². The van der Waals surface area contributed by atoms with E-state index in [0.717, 1.165) is 12.2 Å². The maximum atomic E-state index is 5.60. The lowest BCUT2D eigenvalue weighted by molar-refractivity contribution is -0.102. The van der Waals surface area contributed by atoms with Gasteiger partial charge in [0, 0.05) is 12.2 Å². The van der Waals surface area contributed by atoms with E-state index in [2.05, 4.69) is 5.32 Å². The molecule has 0 saturated carbocycles. The zero-order valence-corrected chi connectivity index (χ0v) is 8.61. The average molecular weight is 208 g/mol. The second-order valence-electron chi connectivity index (χ2n) is 3.56. The second kappa shape index (κ2) is 5.11. The minimum Gasteiger partial charge on any atom is -0.399 e. The topological polar surface area (TPSA) is 56.5 Å². The average Bonchev–Trinajstić information content (AvgIpc) is 2.30. The van der Waals surface area contributed by atoms with E-state index in [4.69, 9.17) is 15.2 Å². The first-order valence-electron chi connectivity index (χ1n) is 5.12. The van der Waals surface area contributed by atoms with E-state index in [1.807, 2.05) is 24.3 Å². The zero-order valence-electron chi connectivity index (χ0n) is 8.61. The lowest BCUT2D eigenvalue weighted by Crippen LogP contribution is -2.40. The zero-order chi connectivity index (χ0) is 10.5. The highest BCUT2D eigenvalue weighted by Gasteiger charge is 2.12. The SMILES string of the molecule is Nc1ccc(CNC2COCCO2)cc1. The van der Waals surface area contributed by atoms with Crippen molar-refractivity contribution in [1.29, 1.82) is 0 Å². The lowest BCUT2D eigenvalue weighted by Gasteiger charge is -2.23. The van der Waals surface area contributed by atoms with Crippen LogP contribution >= 0.6 is 0 Å². The number of hydrogen-bond acceptors (Lipinski definition) is 4. The molecule has 0 aromatic heterocycles. The van der Waals surface area contributed by atoms with Gasteiger partial charge in [-0.05, 0) is 17.7 Å². The van der Waals surface area contributed by atoms with Crippen LogP contribution in [-0.2, 0) is 16.0 Å². The predicted molar refractivity (Wildman–Crippen MR) is 58.3 cm³/mol. The van der Waals surface area contributed by atoms with Crippen molar-refractivity contribution >= 4 is 5.69 Å². The smallest absolute Gasteiger partial charge is 0.132 e. The predicted octanol–water partition coefficient (Wildman–Crippen LogP) is 0.731. The first-order chi connectivity index (χ1) is 7.34. The van der Waals surface area contributed by atoms with Crippen molar-refractivity contribution in [1.82, 2.24) is 5.32 Å². The largest absolute Gasteiger partial charge is 0.399 e. The molecule has 1 fully saturated rings. The van der Waals surface area contributed by atoms with Gasteiger partial charge in [0.1, 0.15) is 6.23 Å². The third kappa shape index (κ3) is 3.20. The van der Waals surface area contributed by atoms with Crippen LogP contribution in [-0.4, -0.2) is 26.0 Å². The van der Waals surface area contributed by atoms with Gasteiger partial charge in [0.05, 0.1) is 19.8 Å². The van der Waals surface area contributed by atoms with Crippen LogP contribution in [0.5, 0.6) is 0 Å². The molecule has 2 rings (SSSR count). The van der Waals surface area contributed by atoms with Gasteiger partial charge in [-0.3, -0.25) is 5.32 Å². The Balaban J connectivity index is 1.79. The number of nitrogens with one attached hydrogen (secondary N) is 1. The summed E-state index contributed by atoms with van der Waals surface area (Å²) in [6.07, 6.45) is 0.0105. The number of rotatable bonds is 3. The highest BCUT2D eigenvalue weighted by molar-refractivity contribution is 5.39. The molecule has 0 aliphatic carbocycles. The summed E-state index contributed by atoms with van der Waals surface area (Å²) in [5.41, 5.74) is 7.58. The minimum absolute atomic E-state index is 0.0105. The van der Waals surface area contributed by atoms with Crippen LogP contribution < -0.4 is 11.1 Å². The number of nitrogens with two attached hydrogens (primary N) is 1. The molecule has 1 aliphatic rings. The van der Waals surface area contributed by atoms with E-state index in [1.165, 1.54) is 5.56 Å². The summed E-state index contributed by atoms with van der Waals surface area (Å²) in [5.74, 6) is 0. The molecule has 82 valence electrons. The molecule has 3 N–H and O–H groups in total. The van der Waals surface area contributed by atoms with Gasteiger partial charge < -0.3 is 15.2 Å². The molecule has 15 heavy (non-hydrogen) atoms. The van der Waals surface area contributed by atoms with Crippen LogP contribution in [0.1, 0.15) is 5.56 Å². The molecule has 1 atom stereocenters. The summed E-state index contributed by atoms with van der Waals surface area (Å²) in [4.78, 5) is 0. The first-order valence-corrected chi connectivity index (χ1v) is 5.12. The molecule has 1 heterocycles. The Labute approximate surface area is 89.4 Å². The number of benzene rings is 1. The molecule has 4 nitrogen and oxygen atoms in total. The molecule has 1 aromatic rings. The molecule has 1 saturated heterocycles. The Hall–Kier alpha value is -1.10. The summed E-state index contributed by atoms with van der Waals surface area (Å²) < 4.78 is 10.7. The molecular weight excluding hydrogens is 192 g/mol. The van der Waals surface area contributed by atoms with Gasteiger partial charge in [-0.2, -0.15) is 0 Å². The molecule has 0 amide bonds. The highest BCUT2D eigenvalue weighted by atomic mass is 16.6. The van der Waals surface area contributed by atoms with E-state index in [9.17, 15) is 0 Å². The van der Waals surface area contributed by atoms with Crippen molar-refractivity contribution < 1.29 is 9.47 Å². The third-order valence-corrected chi connectivity index (χ3v) is 2.33. The molecular formula is C11H16N2O2. The van der Waals surface area contributed by atoms with Crippen molar-refractivity contribution in [2.75, 3.05) is 25.6 Å². The number of nitrogen functional groups attached to an aromatic ring is 1. The Morgan fingerprint density at radius 2 is 2.07 bits per heavy atom. The van der Waals surface area contributed by atoms with Gasteiger partial charge in [-0.15, -0.1) is 0 Å². The summed E-state index contributed by atoms with van der Waals surface area (Å²) in [6.45, 7) is 2.75. The molecule has 4 heteroatoms. The molecule has 0 radical (unpaired) electrons. The standard InChI is InChI=1S/C11H16N2O2/c12-10-3-1-9(2-4-10)7-13-11-8-14-5-6-15-11/h1-4,11,13H,5-8,12H2. The van der Waals surface area contributed by atoms with Gasteiger partial charge >= 0.3 is 0 Å².